The molecule has 0 aliphatic heterocycles. The molecule has 264 valence electrons. The van der Waals surface area contributed by atoms with Crippen molar-refractivity contribution in [3.8, 4) is 0 Å². The van der Waals surface area contributed by atoms with E-state index in [1.165, 1.54) is 20.5 Å². The summed E-state index contributed by atoms with van der Waals surface area (Å²) in [4.78, 5) is 27.5. The molecule has 0 N–H and O–H groups in total. The summed E-state index contributed by atoms with van der Waals surface area (Å²) in [5.74, 6) is 1.00. The summed E-state index contributed by atoms with van der Waals surface area (Å²) in [5, 5.41) is 8.42. The lowest BCUT2D eigenvalue weighted by Gasteiger charge is -2.13. The van der Waals surface area contributed by atoms with Gasteiger partial charge in [0.25, 0.3) is 11.1 Å². The Bertz CT molecular complexity index is 2140. The molecule has 6 rings (SSSR count). The number of thiol groups is 1. The van der Waals surface area contributed by atoms with E-state index >= 15 is 0 Å². The zero-order chi connectivity index (χ0) is 36.9. The Hall–Kier alpha value is -3.22. The first-order valence-corrected chi connectivity index (χ1v) is 19.9. The van der Waals surface area contributed by atoms with E-state index in [9.17, 15) is 9.59 Å². The number of rotatable bonds is 8. The zero-order valence-corrected chi connectivity index (χ0v) is 35.2. The molecule has 0 aliphatic carbocycles. The van der Waals surface area contributed by atoms with Gasteiger partial charge >= 0.3 is 0 Å². The second kappa shape index (κ2) is 20.1. The molecular formula is C40H39Br3N4O2S2. The molecule has 0 atom stereocenters. The van der Waals surface area contributed by atoms with Gasteiger partial charge in [-0.2, -0.15) is 10.2 Å². The average Bonchev–Trinajstić information content (AvgIpc) is 3.13. The van der Waals surface area contributed by atoms with Crippen LogP contribution >= 0.6 is 72.2 Å². The molecule has 0 aliphatic rings. The van der Waals surface area contributed by atoms with Crippen LogP contribution in [0, 0.1) is 0 Å². The van der Waals surface area contributed by atoms with Crippen molar-refractivity contribution in [2.24, 2.45) is 0 Å². The van der Waals surface area contributed by atoms with Crippen LogP contribution in [-0.4, -0.2) is 19.6 Å². The molecule has 2 aromatic heterocycles. The molecule has 0 fully saturated rings. The SMILES string of the molecule is CC(C)c1ccccc1S.CC(C)c1ccccc1Sc1cnn(Cc2ccccc2)c(=O)c1Br.O=c1c(Br)c(Br)cnn1Cc1ccccc1. The molecule has 0 unspecified atom stereocenters. The molecule has 6 nitrogen and oxygen atoms in total. The van der Waals surface area contributed by atoms with E-state index in [2.05, 4.69) is 123 Å². The van der Waals surface area contributed by atoms with Crippen molar-refractivity contribution in [2.45, 2.75) is 67.3 Å². The smallest absolute Gasteiger partial charge is 0.266 e. The van der Waals surface area contributed by atoms with Gasteiger partial charge in [-0.15, -0.1) is 12.6 Å². The Balaban J connectivity index is 0.000000191. The Labute approximate surface area is 334 Å². The molecular weight excluding hydrogens is 872 g/mol. The third-order valence-electron chi connectivity index (χ3n) is 7.57. The molecule has 0 spiro atoms. The van der Waals surface area contributed by atoms with Crippen molar-refractivity contribution >= 4 is 72.2 Å². The van der Waals surface area contributed by atoms with Crippen LogP contribution in [0.1, 0.15) is 61.8 Å². The van der Waals surface area contributed by atoms with E-state index in [0.717, 1.165) is 25.8 Å². The van der Waals surface area contributed by atoms with Crippen LogP contribution in [0.3, 0.4) is 0 Å². The van der Waals surface area contributed by atoms with Crippen LogP contribution in [0.4, 0.5) is 0 Å². The minimum Gasteiger partial charge on any atom is -0.266 e. The molecule has 2 heterocycles. The fraction of sp³-hybridized carbons (Fsp3) is 0.200. The van der Waals surface area contributed by atoms with Crippen LogP contribution in [0.5, 0.6) is 0 Å². The predicted molar refractivity (Wildman–Crippen MR) is 224 cm³/mol. The van der Waals surface area contributed by atoms with Crippen LogP contribution in [0.2, 0.25) is 0 Å². The maximum absolute atomic E-state index is 12.6. The summed E-state index contributed by atoms with van der Waals surface area (Å²) < 4.78 is 4.63. The fourth-order valence-corrected chi connectivity index (χ4v) is 7.47. The lowest BCUT2D eigenvalue weighted by Crippen LogP contribution is -2.24. The lowest BCUT2D eigenvalue weighted by atomic mass is 10.0. The van der Waals surface area contributed by atoms with Crippen LogP contribution in [0.15, 0.2) is 159 Å². The number of nitrogens with zero attached hydrogens (tertiary/aromatic N) is 4. The molecule has 51 heavy (non-hydrogen) atoms. The van der Waals surface area contributed by atoms with Crippen molar-refractivity contribution in [1.82, 2.24) is 19.6 Å². The van der Waals surface area contributed by atoms with Gasteiger partial charge in [0.1, 0.15) is 4.47 Å². The van der Waals surface area contributed by atoms with Crippen molar-refractivity contribution in [3.63, 3.8) is 0 Å². The Morgan fingerprint density at radius 2 is 1.04 bits per heavy atom. The van der Waals surface area contributed by atoms with Gasteiger partial charge in [0.2, 0.25) is 0 Å². The van der Waals surface area contributed by atoms with Crippen LogP contribution in [0.25, 0.3) is 0 Å². The van der Waals surface area contributed by atoms with Gasteiger partial charge in [-0.1, -0.05) is 137 Å². The van der Waals surface area contributed by atoms with Crippen molar-refractivity contribution in [1.29, 1.82) is 0 Å². The van der Waals surface area contributed by atoms with Gasteiger partial charge in [0.05, 0.1) is 39.3 Å². The monoisotopic (exact) mass is 908 g/mol. The molecule has 0 saturated heterocycles. The van der Waals surface area contributed by atoms with Crippen molar-refractivity contribution in [3.05, 3.63) is 178 Å². The highest BCUT2D eigenvalue weighted by Crippen LogP contribution is 2.36. The first kappa shape index (κ1) is 40.5. The highest BCUT2D eigenvalue weighted by molar-refractivity contribution is 9.13. The van der Waals surface area contributed by atoms with E-state index in [1.807, 2.05) is 84.9 Å². The zero-order valence-electron chi connectivity index (χ0n) is 28.7. The Morgan fingerprint density at radius 3 is 1.55 bits per heavy atom. The molecule has 6 aromatic rings. The van der Waals surface area contributed by atoms with Gasteiger partial charge in [-0.3, -0.25) is 9.59 Å². The summed E-state index contributed by atoms with van der Waals surface area (Å²) in [7, 11) is 0. The Morgan fingerprint density at radius 1 is 0.588 bits per heavy atom. The first-order valence-electron chi connectivity index (χ1n) is 16.3. The summed E-state index contributed by atoms with van der Waals surface area (Å²) in [5.41, 5.74) is 4.44. The number of hydrogen-bond donors (Lipinski definition) is 1. The van der Waals surface area contributed by atoms with Crippen molar-refractivity contribution < 1.29 is 0 Å². The molecule has 0 bridgehead atoms. The van der Waals surface area contributed by atoms with Gasteiger partial charge < -0.3 is 0 Å². The predicted octanol–water partition coefficient (Wildman–Crippen LogP) is 11.2. The van der Waals surface area contributed by atoms with Gasteiger partial charge in [-0.05, 0) is 94.0 Å². The number of hydrogen-bond acceptors (Lipinski definition) is 6. The first-order chi connectivity index (χ1) is 24.5. The van der Waals surface area contributed by atoms with Crippen LogP contribution < -0.4 is 11.1 Å². The summed E-state index contributed by atoms with van der Waals surface area (Å²) in [6.45, 7) is 9.64. The third kappa shape index (κ3) is 11.9. The standard InChI is InChI=1S/C20H19BrN2OS.C11H8Br2N2O.C9H12S/c1-14(2)16-10-6-7-11-17(16)25-18-12-22-23(20(24)19(18)21)13-15-8-4-3-5-9-15;12-9-6-14-15(11(16)10(9)13)7-8-4-2-1-3-5-8;1-7(2)8-5-3-4-6-9(8)10/h3-12,14H,13H2,1-2H3;1-6H,7H2;3-7,10H,1-2H3. The largest absolute Gasteiger partial charge is 0.282 e. The third-order valence-corrected chi connectivity index (χ3v) is 12.0. The lowest BCUT2D eigenvalue weighted by molar-refractivity contribution is 0.626. The number of benzene rings is 4. The van der Waals surface area contributed by atoms with Crippen molar-refractivity contribution in [2.75, 3.05) is 0 Å². The quantitative estimate of drug-likeness (QED) is 0.154. The topological polar surface area (TPSA) is 69.8 Å². The van der Waals surface area contributed by atoms with E-state index in [-0.39, 0.29) is 11.1 Å². The van der Waals surface area contributed by atoms with Crippen LogP contribution in [-0.2, 0) is 13.1 Å². The second-order valence-corrected chi connectivity index (χ2v) is 16.0. The highest BCUT2D eigenvalue weighted by Gasteiger charge is 2.14. The molecule has 0 amide bonds. The number of halogens is 3. The number of aromatic nitrogens is 4. The molecule has 0 saturated carbocycles. The van der Waals surface area contributed by atoms with Gasteiger partial charge in [0.15, 0.2) is 0 Å². The van der Waals surface area contributed by atoms with E-state index in [0.29, 0.717) is 38.3 Å². The maximum Gasteiger partial charge on any atom is 0.282 e. The van der Waals surface area contributed by atoms with E-state index in [4.69, 9.17) is 0 Å². The summed E-state index contributed by atoms with van der Waals surface area (Å²) in [6, 6.07) is 36.1. The highest BCUT2D eigenvalue weighted by atomic mass is 79.9. The molecule has 4 aromatic carbocycles. The average molecular weight is 912 g/mol. The second-order valence-electron chi connectivity index (χ2n) is 12.0. The minimum atomic E-state index is -0.141. The van der Waals surface area contributed by atoms with Gasteiger partial charge in [-0.25, -0.2) is 9.36 Å². The normalized spacial score (nSPS) is 10.7. The molecule has 0 radical (unpaired) electrons. The molecule has 11 heteroatoms. The summed E-state index contributed by atoms with van der Waals surface area (Å²) >= 11 is 15.8. The fourth-order valence-electron chi connectivity index (χ4n) is 4.85. The maximum atomic E-state index is 12.6. The summed E-state index contributed by atoms with van der Waals surface area (Å²) in [6.07, 6.45) is 3.37. The Kier molecular flexibility index (Phi) is 16.0. The minimum absolute atomic E-state index is 0.115. The van der Waals surface area contributed by atoms with E-state index in [1.54, 1.807) is 24.2 Å². The van der Waals surface area contributed by atoms with E-state index < -0.39 is 0 Å². The van der Waals surface area contributed by atoms with Gasteiger partial charge in [0, 0.05) is 9.79 Å².